The number of hydrogen-bond donors (Lipinski definition) is 6. The Morgan fingerprint density at radius 1 is 1.00 bits per heavy atom. The molecule has 0 radical (unpaired) electrons. The number of phenolic OH excluding ortho intramolecular Hbond substituents is 2. The molecule has 0 aromatic heterocycles. The second-order valence-electron chi connectivity index (χ2n) is 7.74. The lowest BCUT2D eigenvalue weighted by Crippen LogP contribution is -2.35. The molecule has 0 aliphatic carbocycles. The van der Waals surface area contributed by atoms with Gasteiger partial charge in [-0.25, -0.2) is 10.2 Å². The number of hydrazine groups is 1. The zero-order valence-electron chi connectivity index (χ0n) is 18.1. The maximum atomic E-state index is 11.6. The van der Waals surface area contributed by atoms with E-state index in [1.165, 1.54) is 23.1 Å². The molecule has 3 rings (SSSR count). The molecule has 6 N–H and O–H groups in total. The van der Waals surface area contributed by atoms with Crippen molar-refractivity contribution in [2.24, 2.45) is 0 Å². The molecule has 0 aliphatic rings. The lowest BCUT2D eigenvalue weighted by Gasteiger charge is -2.18. The molecule has 0 spiro atoms. The topological polar surface area (TPSA) is 114 Å². The van der Waals surface area contributed by atoms with Gasteiger partial charge >= 0.3 is 5.97 Å². The maximum absolute atomic E-state index is 11.6. The number of rotatable bonds is 11. The largest absolute Gasteiger partial charge is 0.504 e. The van der Waals surface area contributed by atoms with Gasteiger partial charge in [-0.15, -0.1) is 0 Å². The Balaban J connectivity index is 1.45. The summed E-state index contributed by atoms with van der Waals surface area (Å²) in [6.45, 7) is 6.62. The number of carboxylic acid groups (broad SMARTS) is 1. The Morgan fingerprint density at radius 2 is 1.75 bits per heavy atom. The quantitative estimate of drug-likeness (QED) is 0.151. The number of aromatic hydroxyl groups is 2. The molecule has 168 valence electrons. The Labute approximate surface area is 187 Å². The SMILES string of the molecule is C=C(NC(CCCCNNc1cccc2c(C)cccc12)C(=O)O)c1ccc(O)c(O)c1. The number of anilines is 1. The van der Waals surface area contributed by atoms with Gasteiger partial charge in [-0.2, -0.15) is 0 Å². The zero-order chi connectivity index (χ0) is 23.1. The van der Waals surface area contributed by atoms with Crippen LogP contribution in [0.4, 0.5) is 5.69 Å². The van der Waals surface area contributed by atoms with Gasteiger partial charge in [0.25, 0.3) is 0 Å². The first-order valence-corrected chi connectivity index (χ1v) is 10.5. The van der Waals surface area contributed by atoms with Crippen LogP contribution in [0.3, 0.4) is 0 Å². The Kier molecular flexibility index (Phi) is 7.57. The summed E-state index contributed by atoms with van der Waals surface area (Å²) in [5, 5.41) is 33.8. The van der Waals surface area contributed by atoms with Crippen molar-refractivity contribution in [1.82, 2.24) is 10.7 Å². The van der Waals surface area contributed by atoms with Crippen LogP contribution in [-0.4, -0.2) is 33.9 Å². The summed E-state index contributed by atoms with van der Waals surface area (Å²) < 4.78 is 0. The van der Waals surface area contributed by atoms with Gasteiger partial charge in [-0.1, -0.05) is 36.9 Å². The number of aliphatic carboxylic acids is 1. The molecule has 7 nitrogen and oxygen atoms in total. The molecule has 0 amide bonds. The van der Waals surface area contributed by atoms with Crippen LogP contribution in [0.5, 0.6) is 11.5 Å². The van der Waals surface area contributed by atoms with E-state index < -0.39 is 12.0 Å². The first-order valence-electron chi connectivity index (χ1n) is 10.5. The molecule has 3 aromatic rings. The van der Waals surface area contributed by atoms with Crippen molar-refractivity contribution in [2.45, 2.75) is 32.2 Å². The molecular formula is C25H29N3O4. The fourth-order valence-corrected chi connectivity index (χ4v) is 3.56. The van der Waals surface area contributed by atoms with Gasteiger partial charge < -0.3 is 26.1 Å². The summed E-state index contributed by atoms with van der Waals surface area (Å²) in [7, 11) is 0. The predicted octanol–water partition coefficient (Wildman–Crippen LogP) is 4.36. The average molecular weight is 436 g/mol. The van der Waals surface area contributed by atoms with Gasteiger partial charge in [0.1, 0.15) is 6.04 Å². The molecule has 0 saturated heterocycles. The number of carbonyl (C=O) groups is 1. The summed E-state index contributed by atoms with van der Waals surface area (Å²) in [6.07, 6.45) is 1.91. The highest BCUT2D eigenvalue weighted by Crippen LogP contribution is 2.27. The van der Waals surface area contributed by atoms with Crippen LogP contribution in [0.25, 0.3) is 16.5 Å². The third kappa shape index (κ3) is 5.70. The van der Waals surface area contributed by atoms with Crippen LogP contribution < -0.4 is 16.2 Å². The van der Waals surface area contributed by atoms with Gasteiger partial charge in [-0.05, 0) is 61.4 Å². The summed E-state index contributed by atoms with van der Waals surface area (Å²) in [5.41, 5.74) is 9.58. The van der Waals surface area contributed by atoms with Crippen molar-refractivity contribution in [3.63, 3.8) is 0 Å². The average Bonchev–Trinajstić information content (AvgIpc) is 2.77. The van der Waals surface area contributed by atoms with Crippen LogP contribution in [-0.2, 0) is 4.79 Å². The van der Waals surface area contributed by atoms with Gasteiger partial charge in [-0.3, -0.25) is 0 Å². The van der Waals surface area contributed by atoms with Crippen LogP contribution in [0.15, 0.2) is 61.2 Å². The van der Waals surface area contributed by atoms with Crippen LogP contribution in [0, 0.1) is 6.92 Å². The van der Waals surface area contributed by atoms with E-state index in [9.17, 15) is 20.1 Å². The fourth-order valence-electron chi connectivity index (χ4n) is 3.56. The highest BCUT2D eigenvalue weighted by Gasteiger charge is 2.18. The number of hydrogen-bond acceptors (Lipinski definition) is 6. The first kappa shape index (κ1) is 23.0. The molecule has 1 unspecified atom stereocenters. The minimum Gasteiger partial charge on any atom is -0.504 e. The molecule has 3 aromatic carbocycles. The predicted molar refractivity (Wildman–Crippen MR) is 128 cm³/mol. The van der Waals surface area contributed by atoms with Crippen molar-refractivity contribution < 1.29 is 20.1 Å². The lowest BCUT2D eigenvalue weighted by molar-refractivity contribution is -0.139. The highest BCUT2D eigenvalue weighted by atomic mass is 16.4. The number of unbranched alkanes of at least 4 members (excludes halogenated alkanes) is 1. The van der Waals surface area contributed by atoms with Crippen molar-refractivity contribution in [1.29, 1.82) is 0 Å². The normalized spacial score (nSPS) is 11.8. The van der Waals surface area contributed by atoms with Crippen LogP contribution in [0.2, 0.25) is 0 Å². The van der Waals surface area contributed by atoms with E-state index in [4.69, 9.17) is 0 Å². The second kappa shape index (κ2) is 10.5. The molecule has 0 heterocycles. The van der Waals surface area contributed by atoms with E-state index in [2.05, 4.69) is 47.9 Å². The van der Waals surface area contributed by atoms with E-state index >= 15 is 0 Å². The maximum Gasteiger partial charge on any atom is 0.326 e. The Bertz CT molecular complexity index is 1110. The van der Waals surface area contributed by atoms with E-state index in [1.54, 1.807) is 6.07 Å². The Morgan fingerprint density at radius 3 is 2.50 bits per heavy atom. The first-order chi connectivity index (χ1) is 15.4. The van der Waals surface area contributed by atoms with Gasteiger partial charge in [0.15, 0.2) is 11.5 Å². The monoisotopic (exact) mass is 435 g/mol. The smallest absolute Gasteiger partial charge is 0.326 e. The summed E-state index contributed by atoms with van der Waals surface area (Å²) in [6, 6.07) is 15.8. The fraction of sp³-hybridized carbons (Fsp3) is 0.240. The second-order valence-corrected chi connectivity index (χ2v) is 7.74. The number of benzene rings is 3. The number of fused-ring (bicyclic) bond motifs is 1. The standard InChI is InChI=1S/C25H29N3O4/c1-16-7-5-9-20-19(16)8-6-11-21(20)28-26-14-4-3-10-22(25(31)32)27-17(2)18-12-13-23(29)24(30)15-18/h5-9,11-13,15,22,26-30H,2-4,10,14H2,1H3,(H,31,32). The molecule has 0 bridgehead atoms. The van der Waals surface area contributed by atoms with Gasteiger partial charge in [0.05, 0.1) is 5.69 Å². The number of phenols is 2. The zero-order valence-corrected chi connectivity index (χ0v) is 18.1. The van der Waals surface area contributed by atoms with E-state index in [0.717, 1.165) is 17.5 Å². The van der Waals surface area contributed by atoms with E-state index in [1.807, 2.05) is 18.2 Å². The number of aryl methyl sites for hydroxylation is 1. The van der Waals surface area contributed by atoms with Crippen LogP contribution in [0.1, 0.15) is 30.4 Å². The Hall–Kier alpha value is -3.71. The van der Waals surface area contributed by atoms with Crippen molar-refractivity contribution in [2.75, 3.05) is 12.0 Å². The molecule has 7 heteroatoms. The van der Waals surface area contributed by atoms with Gasteiger partial charge in [0, 0.05) is 23.2 Å². The van der Waals surface area contributed by atoms with E-state index in [0.29, 0.717) is 30.6 Å². The lowest BCUT2D eigenvalue weighted by atomic mass is 10.0. The molecular weight excluding hydrogens is 406 g/mol. The van der Waals surface area contributed by atoms with Crippen molar-refractivity contribution in [3.05, 3.63) is 72.3 Å². The number of carboxylic acids is 1. The summed E-state index contributed by atoms with van der Waals surface area (Å²) in [5.74, 6) is -1.49. The molecule has 0 saturated carbocycles. The van der Waals surface area contributed by atoms with Crippen molar-refractivity contribution >= 4 is 28.1 Å². The van der Waals surface area contributed by atoms with Crippen molar-refractivity contribution in [3.8, 4) is 11.5 Å². The van der Waals surface area contributed by atoms with Crippen LogP contribution >= 0.6 is 0 Å². The minimum atomic E-state index is -0.966. The summed E-state index contributed by atoms with van der Waals surface area (Å²) in [4.78, 5) is 11.6. The molecule has 0 aliphatic heterocycles. The number of nitrogens with one attached hydrogen (secondary N) is 3. The molecule has 1 atom stereocenters. The summed E-state index contributed by atoms with van der Waals surface area (Å²) >= 11 is 0. The highest BCUT2D eigenvalue weighted by molar-refractivity contribution is 5.95. The third-order valence-electron chi connectivity index (χ3n) is 5.38. The minimum absolute atomic E-state index is 0.240. The van der Waals surface area contributed by atoms with Gasteiger partial charge in [0.2, 0.25) is 0 Å². The molecule has 32 heavy (non-hydrogen) atoms. The third-order valence-corrected chi connectivity index (χ3v) is 5.38. The van der Waals surface area contributed by atoms with E-state index in [-0.39, 0.29) is 11.5 Å². The molecule has 0 fully saturated rings.